The minimum absolute atomic E-state index is 0.0589. The molecular weight excluding hydrogens is 392 g/mol. The van der Waals surface area contributed by atoms with Crippen molar-refractivity contribution in [3.8, 4) is 0 Å². The Morgan fingerprint density at radius 3 is 2.45 bits per heavy atom. The Kier molecular flexibility index (Phi) is 5.94. The second kappa shape index (κ2) is 8.45. The summed E-state index contributed by atoms with van der Waals surface area (Å²) in [5.41, 5.74) is 1.68. The minimum Gasteiger partial charge on any atom is -0.459 e. The highest BCUT2D eigenvalue weighted by molar-refractivity contribution is 7.94. The number of carbonyl (C=O) groups excluding carboxylic acids is 1. The summed E-state index contributed by atoms with van der Waals surface area (Å²) >= 11 is 1.23. The molecule has 0 radical (unpaired) electrons. The lowest BCUT2D eigenvalue weighted by atomic mass is 10.1. The third-order valence-corrected chi connectivity index (χ3v) is 5.51. The Morgan fingerprint density at radius 1 is 1.03 bits per heavy atom. The first-order valence-electron chi connectivity index (χ1n) is 9.54. The summed E-state index contributed by atoms with van der Waals surface area (Å²) < 4.78 is 29.3. The summed E-state index contributed by atoms with van der Waals surface area (Å²) in [5, 5.41) is 0. The number of hydrogen-bond acceptors (Lipinski definition) is 7. The Bertz CT molecular complexity index is 838. The lowest BCUT2D eigenvalue weighted by Gasteiger charge is -2.23. The van der Waals surface area contributed by atoms with E-state index in [0.29, 0.717) is 5.56 Å². The van der Waals surface area contributed by atoms with Gasteiger partial charge in [-0.3, -0.25) is 4.18 Å². The Labute approximate surface area is 174 Å². The molecule has 4 rings (SSSR count). The average molecular weight is 416 g/mol. The summed E-state index contributed by atoms with van der Waals surface area (Å²) in [6, 6.07) is 16.9. The molecule has 2 saturated heterocycles. The van der Waals surface area contributed by atoms with Crippen molar-refractivity contribution in [2.75, 3.05) is 6.61 Å². The maximum Gasteiger partial charge on any atom is 0.338 e. The molecule has 7 heteroatoms. The minimum atomic E-state index is -0.753. The highest BCUT2D eigenvalue weighted by Crippen LogP contribution is 2.41. The van der Waals surface area contributed by atoms with Crippen molar-refractivity contribution in [2.24, 2.45) is 0 Å². The summed E-state index contributed by atoms with van der Waals surface area (Å²) in [6.07, 6.45) is -1.88. The molecule has 2 aromatic carbocycles. The molecule has 2 fully saturated rings. The molecular formula is C22H24O6S. The van der Waals surface area contributed by atoms with Gasteiger partial charge in [-0.25, -0.2) is 4.79 Å². The SMILES string of the molecule is Cc1ccc(SO[C@@H]2O[C@H](COC(=O)c3ccccc3)[C@H]3OC(C)(C)O[C@@H]23)cc1. The Balaban J connectivity index is 1.39. The van der Waals surface area contributed by atoms with E-state index in [-0.39, 0.29) is 12.7 Å². The van der Waals surface area contributed by atoms with E-state index in [4.69, 9.17) is 23.1 Å². The van der Waals surface area contributed by atoms with Gasteiger partial charge in [0.15, 0.2) is 5.79 Å². The lowest BCUT2D eigenvalue weighted by molar-refractivity contribution is -0.214. The number of hydrogen-bond donors (Lipinski definition) is 0. The van der Waals surface area contributed by atoms with Gasteiger partial charge in [-0.05, 0) is 45.0 Å². The Hall–Kier alpha value is -1.90. The Morgan fingerprint density at radius 2 is 1.72 bits per heavy atom. The fourth-order valence-corrected chi connectivity index (χ4v) is 3.97. The molecule has 0 aromatic heterocycles. The van der Waals surface area contributed by atoms with Crippen LogP contribution in [0.2, 0.25) is 0 Å². The lowest BCUT2D eigenvalue weighted by Crippen LogP contribution is -2.33. The fourth-order valence-electron chi connectivity index (χ4n) is 3.37. The molecule has 154 valence electrons. The standard InChI is InChI=1S/C22H24O6S/c1-14-9-11-16(12-10-14)29-28-21-19-18(26-22(2,3)27-19)17(25-21)13-24-20(23)15-7-5-4-6-8-15/h4-12,17-19,21H,13H2,1-3H3/t17-,18-,19-,21+/m1/s1. The molecule has 0 bridgehead atoms. The van der Waals surface area contributed by atoms with E-state index < -0.39 is 30.3 Å². The summed E-state index contributed by atoms with van der Waals surface area (Å²) in [6.45, 7) is 5.79. The van der Waals surface area contributed by atoms with E-state index in [9.17, 15) is 4.79 Å². The van der Waals surface area contributed by atoms with Gasteiger partial charge < -0.3 is 18.9 Å². The summed E-state index contributed by atoms with van der Waals surface area (Å²) in [4.78, 5) is 13.2. The van der Waals surface area contributed by atoms with E-state index >= 15 is 0 Å². The molecule has 2 aliphatic heterocycles. The van der Waals surface area contributed by atoms with Gasteiger partial charge in [0.1, 0.15) is 24.9 Å². The number of carbonyl (C=O) groups is 1. The van der Waals surface area contributed by atoms with Crippen molar-refractivity contribution in [2.45, 2.75) is 56.1 Å². The van der Waals surface area contributed by atoms with Crippen LogP contribution in [0.3, 0.4) is 0 Å². The number of aryl methyl sites for hydroxylation is 1. The molecule has 2 heterocycles. The molecule has 0 amide bonds. The number of rotatable bonds is 6. The van der Waals surface area contributed by atoms with Gasteiger partial charge >= 0.3 is 5.97 Å². The maximum atomic E-state index is 12.3. The van der Waals surface area contributed by atoms with Crippen LogP contribution in [0.25, 0.3) is 0 Å². The molecule has 29 heavy (non-hydrogen) atoms. The highest BCUT2D eigenvalue weighted by atomic mass is 32.2. The van der Waals surface area contributed by atoms with Crippen LogP contribution in [0.4, 0.5) is 0 Å². The van der Waals surface area contributed by atoms with Crippen molar-refractivity contribution in [3.05, 3.63) is 65.7 Å². The zero-order valence-corrected chi connectivity index (χ0v) is 17.4. The van der Waals surface area contributed by atoms with Crippen LogP contribution >= 0.6 is 12.0 Å². The van der Waals surface area contributed by atoms with Gasteiger partial charge in [0.05, 0.1) is 5.56 Å². The first kappa shape index (κ1) is 20.4. The molecule has 2 aliphatic rings. The normalized spacial score (nSPS) is 27.6. The smallest absolute Gasteiger partial charge is 0.338 e. The maximum absolute atomic E-state index is 12.3. The average Bonchev–Trinajstić information content (AvgIpc) is 3.19. The molecule has 0 unspecified atom stereocenters. The predicted octanol–water partition coefficient (Wildman–Crippen LogP) is 4.12. The van der Waals surface area contributed by atoms with Crippen LogP contribution in [0.5, 0.6) is 0 Å². The van der Waals surface area contributed by atoms with Crippen molar-refractivity contribution < 1.29 is 27.9 Å². The molecule has 0 aliphatic carbocycles. The monoisotopic (exact) mass is 416 g/mol. The molecule has 4 atom stereocenters. The zero-order chi connectivity index (χ0) is 20.4. The summed E-state index contributed by atoms with van der Waals surface area (Å²) in [5.74, 6) is -1.15. The van der Waals surface area contributed by atoms with Crippen LogP contribution in [0.15, 0.2) is 59.5 Å². The van der Waals surface area contributed by atoms with Gasteiger partial charge in [0, 0.05) is 16.9 Å². The van der Waals surface area contributed by atoms with Crippen LogP contribution in [-0.4, -0.2) is 43.0 Å². The van der Waals surface area contributed by atoms with E-state index in [1.165, 1.54) is 17.6 Å². The van der Waals surface area contributed by atoms with Crippen LogP contribution in [0, 0.1) is 6.92 Å². The van der Waals surface area contributed by atoms with E-state index in [2.05, 4.69) is 0 Å². The summed E-state index contributed by atoms with van der Waals surface area (Å²) in [7, 11) is 0. The van der Waals surface area contributed by atoms with Crippen molar-refractivity contribution in [1.82, 2.24) is 0 Å². The largest absolute Gasteiger partial charge is 0.459 e. The van der Waals surface area contributed by atoms with Gasteiger partial charge in [0.25, 0.3) is 0 Å². The molecule has 0 saturated carbocycles. The number of fused-ring (bicyclic) bond motifs is 1. The third-order valence-electron chi connectivity index (χ3n) is 4.76. The first-order chi connectivity index (χ1) is 13.9. The second-order valence-corrected chi connectivity index (χ2v) is 8.40. The number of esters is 1. The van der Waals surface area contributed by atoms with Crippen molar-refractivity contribution >= 4 is 18.0 Å². The topological polar surface area (TPSA) is 63.2 Å². The highest BCUT2D eigenvalue weighted by Gasteiger charge is 2.56. The molecule has 6 nitrogen and oxygen atoms in total. The molecule has 0 spiro atoms. The molecule has 0 N–H and O–H groups in total. The first-order valence-corrected chi connectivity index (χ1v) is 10.3. The van der Waals surface area contributed by atoms with Crippen molar-refractivity contribution in [1.29, 1.82) is 0 Å². The second-order valence-electron chi connectivity index (χ2n) is 7.56. The predicted molar refractivity (Wildman–Crippen MR) is 107 cm³/mol. The number of benzene rings is 2. The zero-order valence-electron chi connectivity index (χ0n) is 16.6. The van der Waals surface area contributed by atoms with Crippen LogP contribution < -0.4 is 0 Å². The number of ether oxygens (including phenoxy) is 4. The third kappa shape index (κ3) is 4.82. The van der Waals surface area contributed by atoms with Gasteiger partial charge in [-0.1, -0.05) is 35.9 Å². The molecule has 2 aromatic rings. The van der Waals surface area contributed by atoms with E-state index in [1.54, 1.807) is 24.3 Å². The fraction of sp³-hybridized carbons (Fsp3) is 0.409. The van der Waals surface area contributed by atoms with Crippen LogP contribution in [0.1, 0.15) is 29.8 Å². The van der Waals surface area contributed by atoms with E-state index in [1.807, 2.05) is 51.1 Å². The van der Waals surface area contributed by atoms with E-state index in [0.717, 1.165) is 4.90 Å². The van der Waals surface area contributed by atoms with Crippen molar-refractivity contribution in [3.63, 3.8) is 0 Å². The van der Waals surface area contributed by atoms with Gasteiger partial charge in [0.2, 0.25) is 6.29 Å². The van der Waals surface area contributed by atoms with Crippen LogP contribution in [-0.2, 0) is 23.1 Å². The van der Waals surface area contributed by atoms with Gasteiger partial charge in [-0.2, -0.15) is 0 Å². The quantitative estimate of drug-likeness (QED) is 0.518. The van der Waals surface area contributed by atoms with Gasteiger partial charge in [-0.15, -0.1) is 0 Å².